The standard InChI is InChI=1S/C14H18Cl2N2OS/c15-11-3-1-8(6-12(11)16)13-4-2-10(19-13)5-9(7-17)14(18)20/h5,8,10-13H,1-4,6H2,(H2,18,20)/b9-5+. The van der Waals surface area contributed by atoms with Gasteiger partial charge in [0, 0.05) is 5.38 Å². The molecule has 0 aromatic carbocycles. The molecule has 2 fully saturated rings. The van der Waals surface area contributed by atoms with Gasteiger partial charge in [-0.2, -0.15) is 5.26 Å². The fourth-order valence-corrected chi connectivity index (χ4v) is 3.66. The second kappa shape index (κ2) is 7.09. The fraction of sp³-hybridized carbons (Fsp3) is 0.714. The van der Waals surface area contributed by atoms with Gasteiger partial charge in [-0.05, 0) is 44.1 Å². The SMILES string of the molecule is N#C/C(=C\C1CCC(C2CCC(Cl)C(Cl)C2)O1)C(N)=S. The molecule has 5 unspecified atom stereocenters. The highest BCUT2D eigenvalue weighted by molar-refractivity contribution is 7.80. The second-order valence-electron chi connectivity index (χ2n) is 5.45. The predicted molar refractivity (Wildman–Crippen MR) is 85.0 cm³/mol. The van der Waals surface area contributed by atoms with E-state index in [9.17, 15) is 0 Å². The van der Waals surface area contributed by atoms with Gasteiger partial charge in [-0.25, -0.2) is 0 Å². The summed E-state index contributed by atoms with van der Waals surface area (Å²) < 4.78 is 6.02. The Hall–Kier alpha value is -0.340. The largest absolute Gasteiger partial charge is 0.389 e. The second-order valence-corrected chi connectivity index (χ2v) is 7.01. The van der Waals surface area contributed by atoms with Crippen LogP contribution >= 0.6 is 35.4 Å². The average molecular weight is 333 g/mol. The molecule has 2 rings (SSSR count). The molecule has 0 aromatic heterocycles. The summed E-state index contributed by atoms with van der Waals surface area (Å²) in [7, 11) is 0. The zero-order valence-electron chi connectivity index (χ0n) is 11.1. The van der Waals surface area contributed by atoms with Crippen LogP contribution in [0.5, 0.6) is 0 Å². The third-order valence-corrected chi connectivity index (χ3v) is 5.44. The van der Waals surface area contributed by atoms with Crippen molar-refractivity contribution in [1.29, 1.82) is 5.26 Å². The van der Waals surface area contributed by atoms with Crippen LogP contribution in [0, 0.1) is 17.2 Å². The first-order valence-corrected chi connectivity index (χ1v) is 8.14. The van der Waals surface area contributed by atoms with Crippen LogP contribution in [0.15, 0.2) is 11.6 Å². The van der Waals surface area contributed by atoms with E-state index in [0.29, 0.717) is 11.5 Å². The van der Waals surface area contributed by atoms with E-state index in [1.54, 1.807) is 6.08 Å². The van der Waals surface area contributed by atoms with Crippen LogP contribution in [-0.2, 0) is 4.74 Å². The van der Waals surface area contributed by atoms with Crippen molar-refractivity contribution < 1.29 is 4.74 Å². The summed E-state index contributed by atoms with van der Waals surface area (Å²) in [6, 6.07) is 2.01. The lowest BCUT2D eigenvalue weighted by atomic mass is 9.84. The van der Waals surface area contributed by atoms with E-state index in [0.717, 1.165) is 32.1 Å². The van der Waals surface area contributed by atoms with Crippen LogP contribution in [0.25, 0.3) is 0 Å². The first-order valence-electron chi connectivity index (χ1n) is 6.86. The van der Waals surface area contributed by atoms with Gasteiger partial charge in [0.2, 0.25) is 0 Å². The van der Waals surface area contributed by atoms with E-state index in [2.05, 4.69) is 0 Å². The molecule has 0 radical (unpaired) electrons. The summed E-state index contributed by atoms with van der Waals surface area (Å²) in [4.78, 5) is 0.128. The van der Waals surface area contributed by atoms with Crippen molar-refractivity contribution in [2.75, 3.05) is 0 Å². The third-order valence-electron chi connectivity index (χ3n) is 4.08. The Morgan fingerprint density at radius 2 is 2.00 bits per heavy atom. The number of nitrogens with zero attached hydrogens (tertiary/aromatic N) is 1. The van der Waals surface area contributed by atoms with E-state index in [4.69, 9.17) is 51.2 Å². The lowest BCUT2D eigenvalue weighted by Gasteiger charge is -2.32. The van der Waals surface area contributed by atoms with Crippen molar-refractivity contribution >= 4 is 40.4 Å². The summed E-state index contributed by atoms with van der Waals surface area (Å²) in [5, 5.41) is 9.06. The van der Waals surface area contributed by atoms with Gasteiger partial charge < -0.3 is 10.5 Å². The van der Waals surface area contributed by atoms with Crippen LogP contribution in [0.1, 0.15) is 32.1 Å². The van der Waals surface area contributed by atoms with Crippen molar-refractivity contribution in [3.8, 4) is 6.07 Å². The van der Waals surface area contributed by atoms with E-state index in [1.807, 2.05) is 6.07 Å². The lowest BCUT2D eigenvalue weighted by Crippen LogP contribution is -2.32. The van der Waals surface area contributed by atoms with Crippen molar-refractivity contribution in [1.82, 2.24) is 0 Å². The van der Waals surface area contributed by atoms with Crippen molar-refractivity contribution in [3.05, 3.63) is 11.6 Å². The Kier molecular flexibility index (Phi) is 5.68. The molecule has 0 bridgehead atoms. The predicted octanol–water partition coefficient (Wildman–Crippen LogP) is 3.28. The van der Waals surface area contributed by atoms with Gasteiger partial charge in [-0.15, -0.1) is 23.2 Å². The zero-order chi connectivity index (χ0) is 14.7. The highest BCUT2D eigenvalue weighted by atomic mass is 35.5. The van der Waals surface area contributed by atoms with Crippen LogP contribution in [0.2, 0.25) is 0 Å². The normalized spacial score (nSPS) is 38.5. The molecule has 5 atom stereocenters. The number of ether oxygens (including phenoxy) is 1. The summed E-state index contributed by atoms with van der Waals surface area (Å²) in [6.07, 6.45) is 6.65. The van der Waals surface area contributed by atoms with Gasteiger partial charge >= 0.3 is 0 Å². The molecule has 1 aliphatic heterocycles. The Balaban J connectivity index is 1.93. The Bertz CT molecular complexity index is 449. The summed E-state index contributed by atoms with van der Waals surface area (Å²) in [6.45, 7) is 0. The van der Waals surface area contributed by atoms with E-state index in [1.165, 1.54) is 0 Å². The molecule has 1 aliphatic carbocycles. The van der Waals surface area contributed by atoms with Gasteiger partial charge in [0.15, 0.2) is 0 Å². The van der Waals surface area contributed by atoms with Crippen molar-refractivity contribution in [3.63, 3.8) is 0 Å². The molecular weight excluding hydrogens is 315 g/mol. The smallest absolute Gasteiger partial charge is 0.114 e. The minimum Gasteiger partial charge on any atom is -0.389 e. The molecule has 0 aromatic rings. The van der Waals surface area contributed by atoms with Gasteiger partial charge in [0.1, 0.15) is 11.1 Å². The highest BCUT2D eigenvalue weighted by Gasteiger charge is 2.36. The number of hydrogen-bond donors (Lipinski definition) is 1. The number of nitrogens with two attached hydrogens (primary N) is 1. The topological polar surface area (TPSA) is 59.0 Å². The number of rotatable bonds is 3. The molecule has 1 saturated heterocycles. The van der Waals surface area contributed by atoms with Crippen LogP contribution in [0.3, 0.4) is 0 Å². The molecule has 2 aliphatic rings. The van der Waals surface area contributed by atoms with E-state index in [-0.39, 0.29) is 28.0 Å². The van der Waals surface area contributed by atoms with Gasteiger partial charge in [-0.3, -0.25) is 0 Å². The van der Waals surface area contributed by atoms with Gasteiger partial charge in [-0.1, -0.05) is 12.2 Å². The maximum absolute atomic E-state index is 8.96. The maximum Gasteiger partial charge on any atom is 0.114 e. The molecule has 2 N–H and O–H groups in total. The molecule has 6 heteroatoms. The summed E-state index contributed by atoms with van der Waals surface area (Å²) in [5.41, 5.74) is 5.83. The number of halogens is 2. The molecule has 1 heterocycles. The van der Waals surface area contributed by atoms with Crippen molar-refractivity contribution in [2.45, 2.75) is 55.1 Å². The maximum atomic E-state index is 8.96. The third kappa shape index (κ3) is 3.85. The van der Waals surface area contributed by atoms with Gasteiger partial charge in [0.05, 0.1) is 23.2 Å². The van der Waals surface area contributed by atoms with E-state index >= 15 is 0 Å². The number of alkyl halides is 2. The Morgan fingerprint density at radius 1 is 1.25 bits per heavy atom. The fourth-order valence-electron chi connectivity index (χ4n) is 2.97. The first kappa shape index (κ1) is 16.0. The summed E-state index contributed by atoms with van der Waals surface area (Å²) in [5.74, 6) is 0.460. The first-order chi connectivity index (χ1) is 9.51. The van der Waals surface area contributed by atoms with Crippen molar-refractivity contribution in [2.24, 2.45) is 11.7 Å². The monoisotopic (exact) mass is 332 g/mol. The molecule has 20 heavy (non-hydrogen) atoms. The molecule has 3 nitrogen and oxygen atoms in total. The van der Waals surface area contributed by atoms with Crippen LogP contribution in [0.4, 0.5) is 0 Å². The summed E-state index contributed by atoms with van der Waals surface area (Å²) >= 11 is 17.2. The minimum absolute atomic E-state index is 0.0277. The van der Waals surface area contributed by atoms with Crippen LogP contribution in [-0.4, -0.2) is 28.0 Å². The molecule has 110 valence electrons. The Morgan fingerprint density at radius 3 is 2.60 bits per heavy atom. The lowest BCUT2D eigenvalue weighted by molar-refractivity contribution is 0.0203. The quantitative estimate of drug-likeness (QED) is 0.373. The van der Waals surface area contributed by atoms with E-state index < -0.39 is 0 Å². The van der Waals surface area contributed by atoms with Gasteiger partial charge in [0.25, 0.3) is 0 Å². The number of nitriles is 1. The minimum atomic E-state index is -0.0707. The van der Waals surface area contributed by atoms with Crippen LogP contribution < -0.4 is 5.73 Å². The molecular formula is C14H18Cl2N2OS. The highest BCUT2D eigenvalue weighted by Crippen LogP contribution is 2.38. The number of hydrogen-bond acceptors (Lipinski definition) is 3. The molecule has 0 spiro atoms. The average Bonchev–Trinajstić information content (AvgIpc) is 2.87. The molecule has 0 amide bonds. The Labute approximate surface area is 135 Å². The zero-order valence-corrected chi connectivity index (χ0v) is 13.4. The number of thiocarbonyl (C=S) groups is 1. The molecule has 1 saturated carbocycles.